The van der Waals surface area contributed by atoms with Gasteiger partial charge in [0.1, 0.15) is 0 Å². The molecule has 98 valence electrons. The largest absolute Gasteiger partial charge is 0.493 e. The van der Waals surface area contributed by atoms with Gasteiger partial charge in [0.05, 0.1) is 19.2 Å². The van der Waals surface area contributed by atoms with E-state index in [0.29, 0.717) is 27.6 Å². The van der Waals surface area contributed by atoms with Crippen LogP contribution >= 0.6 is 11.6 Å². The maximum atomic E-state index is 12.3. The molecule has 0 spiro atoms. The Morgan fingerprint density at radius 3 is 2.26 bits per heavy atom. The Labute approximate surface area is 115 Å². The van der Waals surface area contributed by atoms with Crippen molar-refractivity contribution < 1.29 is 14.3 Å². The standard InChI is InChI=1S/C14H12ClNO3/c1-18-12-7-10(11(15)8-13(12)19-2)14(17)9-3-5-16-6-4-9/h3-8H,1-2H3. The van der Waals surface area contributed by atoms with Crippen LogP contribution in [-0.2, 0) is 0 Å². The van der Waals surface area contributed by atoms with Crippen molar-refractivity contribution in [1.82, 2.24) is 4.98 Å². The average molecular weight is 278 g/mol. The van der Waals surface area contributed by atoms with Gasteiger partial charge in [0.2, 0.25) is 0 Å². The normalized spacial score (nSPS) is 10.1. The van der Waals surface area contributed by atoms with E-state index < -0.39 is 0 Å². The van der Waals surface area contributed by atoms with E-state index in [9.17, 15) is 4.79 Å². The molecule has 1 aromatic heterocycles. The van der Waals surface area contributed by atoms with E-state index in [-0.39, 0.29) is 5.78 Å². The van der Waals surface area contributed by atoms with Crippen molar-refractivity contribution in [3.63, 3.8) is 0 Å². The molecule has 0 bridgehead atoms. The number of carbonyl (C=O) groups is 1. The SMILES string of the molecule is COc1cc(Cl)c(C(=O)c2ccncc2)cc1OC. The van der Waals surface area contributed by atoms with Crippen LogP contribution in [0, 0.1) is 0 Å². The molecule has 5 heteroatoms. The smallest absolute Gasteiger partial charge is 0.194 e. The Morgan fingerprint density at radius 1 is 1.11 bits per heavy atom. The van der Waals surface area contributed by atoms with E-state index in [1.165, 1.54) is 14.2 Å². The number of pyridine rings is 1. The predicted octanol–water partition coefficient (Wildman–Crippen LogP) is 2.98. The molecule has 0 aliphatic heterocycles. The zero-order chi connectivity index (χ0) is 13.8. The van der Waals surface area contributed by atoms with Crippen LogP contribution in [0.25, 0.3) is 0 Å². The molecule has 0 amide bonds. The number of ketones is 1. The number of rotatable bonds is 4. The van der Waals surface area contributed by atoms with Crippen molar-refractivity contribution in [3.8, 4) is 11.5 Å². The maximum absolute atomic E-state index is 12.3. The van der Waals surface area contributed by atoms with Gasteiger partial charge in [-0.2, -0.15) is 0 Å². The quantitative estimate of drug-likeness (QED) is 0.806. The van der Waals surface area contributed by atoms with Gasteiger partial charge >= 0.3 is 0 Å². The fraction of sp³-hybridized carbons (Fsp3) is 0.143. The lowest BCUT2D eigenvalue weighted by Gasteiger charge is -2.11. The Balaban J connectivity index is 2.48. The monoisotopic (exact) mass is 277 g/mol. The number of hydrogen-bond donors (Lipinski definition) is 0. The second-order valence-electron chi connectivity index (χ2n) is 3.75. The van der Waals surface area contributed by atoms with Crippen molar-refractivity contribution >= 4 is 17.4 Å². The molecule has 0 saturated carbocycles. The number of methoxy groups -OCH3 is 2. The summed E-state index contributed by atoms with van der Waals surface area (Å²) in [7, 11) is 3.02. The average Bonchev–Trinajstić information content (AvgIpc) is 2.47. The summed E-state index contributed by atoms with van der Waals surface area (Å²) in [6, 6.07) is 6.41. The first kappa shape index (κ1) is 13.4. The summed E-state index contributed by atoms with van der Waals surface area (Å²) >= 11 is 6.11. The Morgan fingerprint density at radius 2 is 1.68 bits per heavy atom. The lowest BCUT2D eigenvalue weighted by Crippen LogP contribution is -2.03. The fourth-order valence-electron chi connectivity index (χ4n) is 1.69. The number of carbonyl (C=O) groups excluding carboxylic acids is 1. The first-order valence-electron chi connectivity index (χ1n) is 5.53. The number of aromatic nitrogens is 1. The molecule has 0 aliphatic carbocycles. The third-order valence-corrected chi connectivity index (χ3v) is 2.97. The van der Waals surface area contributed by atoms with E-state index in [0.717, 1.165) is 0 Å². The summed E-state index contributed by atoms with van der Waals surface area (Å²) in [5.41, 5.74) is 0.884. The van der Waals surface area contributed by atoms with Crippen molar-refractivity contribution in [2.75, 3.05) is 14.2 Å². The second-order valence-corrected chi connectivity index (χ2v) is 4.16. The zero-order valence-electron chi connectivity index (χ0n) is 10.5. The van der Waals surface area contributed by atoms with Crippen molar-refractivity contribution in [2.45, 2.75) is 0 Å². The molecule has 1 aromatic carbocycles. The van der Waals surface area contributed by atoms with Crippen LogP contribution in [0.3, 0.4) is 0 Å². The molecule has 2 aromatic rings. The molecule has 0 saturated heterocycles. The van der Waals surface area contributed by atoms with Gasteiger partial charge < -0.3 is 9.47 Å². The first-order chi connectivity index (χ1) is 9.17. The minimum Gasteiger partial charge on any atom is -0.493 e. The molecule has 0 N–H and O–H groups in total. The summed E-state index contributed by atoms with van der Waals surface area (Å²) < 4.78 is 10.3. The topological polar surface area (TPSA) is 48.4 Å². The maximum Gasteiger partial charge on any atom is 0.194 e. The Bertz CT molecular complexity index is 599. The van der Waals surface area contributed by atoms with Crippen LogP contribution < -0.4 is 9.47 Å². The lowest BCUT2D eigenvalue weighted by atomic mass is 10.0. The molecule has 19 heavy (non-hydrogen) atoms. The van der Waals surface area contributed by atoms with E-state index in [2.05, 4.69) is 4.98 Å². The molecular formula is C14H12ClNO3. The van der Waals surface area contributed by atoms with E-state index in [1.807, 2.05) is 0 Å². The van der Waals surface area contributed by atoms with Gasteiger partial charge in [0, 0.05) is 29.6 Å². The molecule has 0 atom stereocenters. The molecule has 0 fully saturated rings. The van der Waals surface area contributed by atoms with Crippen molar-refractivity contribution in [2.24, 2.45) is 0 Å². The summed E-state index contributed by atoms with van der Waals surface area (Å²) in [4.78, 5) is 16.2. The van der Waals surface area contributed by atoms with Crippen LogP contribution in [0.15, 0.2) is 36.7 Å². The number of ether oxygens (including phenoxy) is 2. The van der Waals surface area contributed by atoms with Gasteiger partial charge in [-0.15, -0.1) is 0 Å². The zero-order valence-corrected chi connectivity index (χ0v) is 11.3. The fourth-order valence-corrected chi connectivity index (χ4v) is 1.93. The molecule has 2 rings (SSSR count). The van der Waals surface area contributed by atoms with E-state index in [1.54, 1.807) is 36.7 Å². The first-order valence-corrected chi connectivity index (χ1v) is 5.91. The third-order valence-electron chi connectivity index (χ3n) is 2.66. The number of hydrogen-bond acceptors (Lipinski definition) is 4. The van der Waals surface area contributed by atoms with Crippen LogP contribution in [-0.4, -0.2) is 25.0 Å². The van der Waals surface area contributed by atoms with E-state index >= 15 is 0 Å². The van der Waals surface area contributed by atoms with Gasteiger partial charge in [0.15, 0.2) is 17.3 Å². The summed E-state index contributed by atoms with van der Waals surface area (Å²) in [6.07, 6.45) is 3.11. The minimum absolute atomic E-state index is 0.187. The van der Waals surface area contributed by atoms with E-state index in [4.69, 9.17) is 21.1 Å². The van der Waals surface area contributed by atoms with Gasteiger partial charge in [0.25, 0.3) is 0 Å². The summed E-state index contributed by atoms with van der Waals surface area (Å²) in [5, 5.41) is 0.319. The van der Waals surface area contributed by atoms with Gasteiger partial charge in [-0.05, 0) is 18.2 Å². The van der Waals surface area contributed by atoms with Crippen LogP contribution in [0.1, 0.15) is 15.9 Å². The molecule has 1 heterocycles. The van der Waals surface area contributed by atoms with Gasteiger partial charge in [-0.3, -0.25) is 9.78 Å². The van der Waals surface area contributed by atoms with Crippen molar-refractivity contribution in [3.05, 3.63) is 52.8 Å². The Kier molecular flexibility index (Phi) is 4.02. The minimum atomic E-state index is -0.187. The number of benzene rings is 1. The summed E-state index contributed by atoms with van der Waals surface area (Å²) in [5.74, 6) is 0.761. The second kappa shape index (κ2) is 5.71. The highest BCUT2D eigenvalue weighted by molar-refractivity contribution is 6.35. The highest BCUT2D eigenvalue weighted by Crippen LogP contribution is 2.33. The molecule has 4 nitrogen and oxygen atoms in total. The van der Waals surface area contributed by atoms with Crippen LogP contribution in [0.5, 0.6) is 11.5 Å². The third kappa shape index (κ3) is 2.69. The highest BCUT2D eigenvalue weighted by Gasteiger charge is 2.17. The number of halogens is 1. The summed E-state index contributed by atoms with van der Waals surface area (Å²) in [6.45, 7) is 0. The molecule has 0 aliphatic rings. The molecule has 0 radical (unpaired) electrons. The lowest BCUT2D eigenvalue weighted by molar-refractivity contribution is 0.103. The Hall–Kier alpha value is -2.07. The van der Waals surface area contributed by atoms with Crippen molar-refractivity contribution in [1.29, 1.82) is 0 Å². The molecular weight excluding hydrogens is 266 g/mol. The molecule has 0 unspecified atom stereocenters. The van der Waals surface area contributed by atoms with Crippen LogP contribution in [0.2, 0.25) is 5.02 Å². The van der Waals surface area contributed by atoms with Gasteiger partial charge in [-0.25, -0.2) is 0 Å². The van der Waals surface area contributed by atoms with Gasteiger partial charge in [-0.1, -0.05) is 11.6 Å². The van der Waals surface area contributed by atoms with Crippen LogP contribution in [0.4, 0.5) is 0 Å². The highest BCUT2D eigenvalue weighted by atomic mass is 35.5. The number of nitrogens with zero attached hydrogens (tertiary/aromatic N) is 1. The predicted molar refractivity (Wildman–Crippen MR) is 72.2 cm³/mol.